The zero-order valence-corrected chi connectivity index (χ0v) is 13.8. The summed E-state index contributed by atoms with van der Waals surface area (Å²) < 4.78 is 26.3. The minimum Gasteiger partial charge on any atom is -0.351 e. The maximum Gasteiger partial charge on any atom is 0.243 e. The van der Waals surface area contributed by atoms with Crippen LogP contribution in [-0.2, 0) is 14.8 Å². The van der Waals surface area contributed by atoms with Gasteiger partial charge in [-0.3, -0.25) is 4.79 Å². The van der Waals surface area contributed by atoms with Crippen LogP contribution < -0.4 is 5.32 Å². The molecule has 1 N–H and O–H groups in total. The summed E-state index contributed by atoms with van der Waals surface area (Å²) in [5.74, 6) is -0.358. The van der Waals surface area contributed by atoms with Crippen LogP contribution in [0.25, 0.3) is 0 Å². The number of aryl methyl sites for hydroxylation is 3. The molecule has 0 aliphatic heterocycles. The molecule has 0 aromatic heterocycles. The van der Waals surface area contributed by atoms with Crippen molar-refractivity contribution < 1.29 is 13.2 Å². The molecule has 0 saturated heterocycles. The first kappa shape index (κ1) is 17.4. The second kappa shape index (κ2) is 6.87. The van der Waals surface area contributed by atoms with Crippen molar-refractivity contribution in [2.24, 2.45) is 0 Å². The molecule has 0 bridgehead atoms. The molecule has 0 aliphatic carbocycles. The van der Waals surface area contributed by atoms with E-state index in [1.807, 2.05) is 19.1 Å². The molecule has 1 rings (SSSR count). The van der Waals surface area contributed by atoms with Gasteiger partial charge in [-0.15, -0.1) is 6.58 Å². The molecule has 1 amide bonds. The fourth-order valence-electron chi connectivity index (χ4n) is 2.26. The largest absolute Gasteiger partial charge is 0.351 e. The van der Waals surface area contributed by atoms with Gasteiger partial charge >= 0.3 is 0 Å². The fraction of sp³-hybridized carbons (Fsp3) is 0.400. The van der Waals surface area contributed by atoms with Crippen molar-refractivity contribution in [1.29, 1.82) is 0 Å². The molecular formula is C15H22N2O3S. The highest BCUT2D eigenvalue weighted by Crippen LogP contribution is 2.24. The molecule has 0 unspecified atom stereocenters. The van der Waals surface area contributed by atoms with Crippen molar-refractivity contribution in [1.82, 2.24) is 9.62 Å². The summed E-state index contributed by atoms with van der Waals surface area (Å²) in [5, 5.41) is 2.56. The Morgan fingerprint density at radius 3 is 2.29 bits per heavy atom. The predicted octanol–water partition coefficient (Wildman–Crippen LogP) is 1.53. The SMILES string of the molecule is C=CCNC(=O)CN(C)S(=O)(=O)c1c(C)cc(C)cc1C. The third-order valence-electron chi connectivity index (χ3n) is 3.08. The summed E-state index contributed by atoms with van der Waals surface area (Å²) in [6, 6.07) is 3.65. The Morgan fingerprint density at radius 2 is 1.81 bits per heavy atom. The summed E-state index contributed by atoms with van der Waals surface area (Å²) in [6.45, 7) is 9.03. The normalized spacial score (nSPS) is 11.5. The second-order valence-corrected chi connectivity index (χ2v) is 7.06. The number of rotatable bonds is 6. The summed E-state index contributed by atoms with van der Waals surface area (Å²) in [4.78, 5) is 11.9. The van der Waals surface area contributed by atoms with E-state index in [4.69, 9.17) is 0 Å². The minimum atomic E-state index is -3.69. The molecular weight excluding hydrogens is 288 g/mol. The van der Waals surface area contributed by atoms with Gasteiger partial charge in [0.1, 0.15) is 0 Å². The lowest BCUT2D eigenvalue weighted by atomic mass is 10.1. The number of hydrogen-bond acceptors (Lipinski definition) is 3. The number of benzene rings is 1. The maximum absolute atomic E-state index is 12.6. The first-order valence-electron chi connectivity index (χ1n) is 6.62. The van der Waals surface area contributed by atoms with Gasteiger partial charge in [-0.1, -0.05) is 23.8 Å². The molecule has 0 atom stereocenters. The highest BCUT2D eigenvalue weighted by Gasteiger charge is 2.26. The predicted molar refractivity (Wildman–Crippen MR) is 83.7 cm³/mol. The number of carbonyl (C=O) groups is 1. The van der Waals surface area contributed by atoms with Crippen LogP contribution in [0.1, 0.15) is 16.7 Å². The van der Waals surface area contributed by atoms with Crippen LogP contribution in [0.15, 0.2) is 29.7 Å². The van der Waals surface area contributed by atoms with E-state index in [-0.39, 0.29) is 17.3 Å². The lowest BCUT2D eigenvalue weighted by Crippen LogP contribution is -2.38. The van der Waals surface area contributed by atoms with Crippen molar-refractivity contribution >= 4 is 15.9 Å². The van der Waals surface area contributed by atoms with E-state index in [1.165, 1.54) is 7.05 Å². The fourth-order valence-corrected chi connectivity index (χ4v) is 3.79. The zero-order chi connectivity index (χ0) is 16.2. The smallest absolute Gasteiger partial charge is 0.243 e. The van der Waals surface area contributed by atoms with E-state index < -0.39 is 10.0 Å². The molecule has 1 aromatic rings. The number of carbonyl (C=O) groups excluding carboxylic acids is 1. The molecule has 0 saturated carbocycles. The van der Waals surface area contributed by atoms with E-state index in [1.54, 1.807) is 19.9 Å². The van der Waals surface area contributed by atoms with Gasteiger partial charge in [0, 0.05) is 13.6 Å². The van der Waals surface area contributed by atoms with Crippen LogP contribution in [0.2, 0.25) is 0 Å². The molecule has 0 spiro atoms. The first-order chi connectivity index (χ1) is 9.70. The number of sulfonamides is 1. The van der Waals surface area contributed by atoms with Gasteiger partial charge in [0.05, 0.1) is 11.4 Å². The van der Waals surface area contributed by atoms with Crippen LogP contribution >= 0.6 is 0 Å². The average molecular weight is 310 g/mol. The van der Waals surface area contributed by atoms with E-state index in [9.17, 15) is 13.2 Å². The highest BCUT2D eigenvalue weighted by molar-refractivity contribution is 7.89. The lowest BCUT2D eigenvalue weighted by Gasteiger charge is -2.20. The molecule has 116 valence electrons. The van der Waals surface area contributed by atoms with Crippen LogP contribution in [0, 0.1) is 20.8 Å². The van der Waals surface area contributed by atoms with Crippen molar-refractivity contribution in [2.75, 3.05) is 20.1 Å². The van der Waals surface area contributed by atoms with Crippen molar-refractivity contribution in [3.05, 3.63) is 41.5 Å². The standard InChI is InChI=1S/C15H22N2O3S/c1-6-7-16-14(18)10-17(5)21(19,20)15-12(3)8-11(2)9-13(15)4/h6,8-9H,1,7,10H2,2-5H3,(H,16,18). The molecule has 0 aliphatic rings. The van der Waals surface area contributed by atoms with Crippen molar-refractivity contribution in [3.8, 4) is 0 Å². The Labute approximate surface area is 126 Å². The molecule has 1 aromatic carbocycles. The Balaban J connectivity index is 3.06. The van der Waals surface area contributed by atoms with E-state index >= 15 is 0 Å². The van der Waals surface area contributed by atoms with Crippen LogP contribution in [-0.4, -0.2) is 38.8 Å². The van der Waals surface area contributed by atoms with Gasteiger partial charge in [0.15, 0.2) is 0 Å². The maximum atomic E-state index is 12.6. The summed E-state index contributed by atoms with van der Waals surface area (Å²) in [7, 11) is -2.29. The molecule has 5 nitrogen and oxygen atoms in total. The summed E-state index contributed by atoms with van der Waals surface area (Å²) in [6.07, 6.45) is 1.54. The van der Waals surface area contributed by atoms with Crippen molar-refractivity contribution in [2.45, 2.75) is 25.7 Å². The molecule has 0 radical (unpaired) electrons. The van der Waals surface area contributed by atoms with E-state index in [2.05, 4.69) is 11.9 Å². The second-order valence-electron chi connectivity index (χ2n) is 5.08. The van der Waals surface area contributed by atoms with Gasteiger partial charge in [-0.25, -0.2) is 8.42 Å². The Morgan fingerprint density at radius 1 is 1.29 bits per heavy atom. The number of nitrogens with zero attached hydrogens (tertiary/aromatic N) is 1. The lowest BCUT2D eigenvalue weighted by molar-refractivity contribution is -0.120. The number of amides is 1. The number of hydrogen-bond donors (Lipinski definition) is 1. The quantitative estimate of drug-likeness (QED) is 0.810. The summed E-state index contributed by atoms with van der Waals surface area (Å²) >= 11 is 0. The minimum absolute atomic E-state index is 0.219. The Kier molecular flexibility index (Phi) is 5.69. The molecule has 0 fully saturated rings. The zero-order valence-electron chi connectivity index (χ0n) is 12.9. The molecule has 6 heteroatoms. The first-order valence-corrected chi connectivity index (χ1v) is 8.06. The number of likely N-dealkylation sites (N-methyl/N-ethyl adjacent to an activating group) is 1. The third kappa shape index (κ3) is 4.15. The monoisotopic (exact) mass is 310 g/mol. The van der Waals surface area contributed by atoms with Crippen LogP contribution in [0.5, 0.6) is 0 Å². The molecule has 0 heterocycles. The van der Waals surface area contributed by atoms with Gasteiger partial charge in [-0.2, -0.15) is 4.31 Å². The van der Waals surface area contributed by atoms with Gasteiger partial charge in [0.2, 0.25) is 15.9 Å². The van der Waals surface area contributed by atoms with Gasteiger partial charge in [0.25, 0.3) is 0 Å². The van der Waals surface area contributed by atoms with Gasteiger partial charge in [-0.05, 0) is 31.9 Å². The Bertz CT molecular complexity index is 628. The Hall–Kier alpha value is -1.66. The topological polar surface area (TPSA) is 66.5 Å². The van der Waals surface area contributed by atoms with E-state index in [0.717, 1.165) is 9.87 Å². The van der Waals surface area contributed by atoms with E-state index in [0.29, 0.717) is 17.7 Å². The van der Waals surface area contributed by atoms with Crippen LogP contribution in [0.4, 0.5) is 0 Å². The van der Waals surface area contributed by atoms with Crippen LogP contribution in [0.3, 0.4) is 0 Å². The van der Waals surface area contributed by atoms with Gasteiger partial charge < -0.3 is 5.32 Å². The molecule has 21 heavy (non-hydrogen) atoms. The average Bonchev–Trinajstić information content (AvgIpc) is 2.34. The third-order valence-corrected chi connectivity index (χ3v) is 5.19. The van der Waals surface area contributed by atoms with Crippen molar-refractivity contribution in [3.63, 3.8) is 0 Å². The number of nitrogens with one attached hydrogen (secondary N) is 1. The summed E-state index contributed by atoms with van der Waals surface area (Å²) in [5.41, 5.74) is 2.38. The highest BCUT2D eigenvalue weighted by atomic mass is 32.2.